The normalized spacial score (nSPS) is 5.00. The number of nitrogens with zero attached hydrogens (tertiary/aromatic N) is 2. The van der Waals surface area contributed by atoms with E-state index in [1.165, 1.54) is 0 Å². The fourth-order valence-corrected chi connectivity index (χ4v) is 0.642. The van der Waals surface area contributed by atoms with Crippen molar-refractivity contribution in [3.05, 3.63) is 81.7 Å². The minimum absolute atomic E-state index is 0. The third-order valence-corrected chi connectivity index (χ3v) is 1.11. The van der Waals surface area contributed by atoms with E-state index in [4.69, 9.17) is 21.0 Å². The van der Waals surface area contributed by atoms with Gasteiger partial charge in [-0.3, -0.25) is 0 Å². The summed E-state index contributed by atoms with van der Waals surface area (Å²) in [5.41, 5.74) is 11.5. The molecule has 108 valence electrons. The number of hydrogen-bond donors (Lipinski definition) is 0. The Hall–Kier alpha value is -0.335. The molecule has 0 N–H and O–H groups in total. The Bertz CT molecular complexity index is 198. The molecule has 0 spiro atoms. The second-order valence-electron chi connectivity index (χ2n) is 1.92. The Morgan fingerprint density at radius 3 is 0.950 bits per heavy atom. The van der Waals surface area contributed by atoms with Crippen LogP contribution < -0.4 is 0 Å². The average Bonchev–Trinajstić information content (AvgIpc) is 3.25. The van der Waals surface area contributed by atoms with Crippen LogP contribution in [0.3, 0.4) is 0 Å². The molecule has 2 aromatic carbocycles. The van der Waals surface area contributed by atoms with Crippen LogP contribution in [0.1, 0.15) is 0 Å². The summed E-state index contributed by atoms with van der Waals surface area (Å²) in [6.45, 7) is 0. The van der Waals surface area contributed by atoms with E-state index in [9.17, 15) is 0 Å². The third-order valence-electron chi connectivity index (χ3n) is 1.11. The van der Waals surface area contributed by atoms with Gasteiger partial charge in [-0.05, 0) is 0 Å². The van der Waals surface area contributed by atoms with Crippen LogP contribution in [0, 0.1) is 9.81 Å². The van der Waals surface area contributed by atoms with Gasteiger partial charge in [-0.25, -0.2) is 12.1 Å². The predicted octanol–water partition coefficient (Wildman–Crippen LogP) is 3.78. The Morgan fingerprint density at radius 1 is 0.650 bits per heavy atom. The SMILES string of the molecule is C[S-].C[S-].[Cr+6].[Cr+6].[N-]=O.[N-]=O.[cH-]1[cH-][cH-][cH-][cH-]1.c1cc[cH-]c1. The van der Waals surface area contributed by atoms with Gasteiger partial charge < -0.3 is 76.6 Å². The summed E-state index contributed by atoms with van der Waals surface area (Å²) in [5, 5.41) is 0. The van der Waals surface area contributed by atoms with E-state index in [1.807, 2.05) is 60.7 Å². The molecule has 0 saturated heterocycles. The summed E-state index contributed by atoms with van der Waals surface area (Å²) in [6.07, 6.45) is 3.17. The molecule has 8 heteroatoms. The third kappa shape index (κ3) is 52.5. The molecule has 0 aromatic heterocycles. The molecule has 0 atom stereocenters. The molecule has 0 amide bonds. The molecule has 0 aliphatic carbocycles. The van der Waals surface area contributed by atoms with Gasteiger partial charge in [0.1, 0.15) is 0 Å². The van der Waals surface area contributed by atoms with Crippen LogP contribution in [-0.2, 0) is 60.0 Å². The molecule has 0 bridgehead atoms. The molecular formula is C12H16Cr2N2O2S2+2. The van der Waals surface area contributed by atoms with Crippen molar-refractivity contribution in [3.8, 4) is 0 Å². The van der Waals surface area contributed by atoms with Gasteiger partial charge in [0.2, 0.25) is 0 Å². The van der Waals surface area contributed by atoms with Gasteiger partial charge in [-0.15, -0.1) is 0 Å². The van der Waals surface area contributed by atoms with Crippen LogP contribution in [-0.4, -0.2) is 12.5 Å². The second kappa shape index (κ2) is 62.4. The summed E-state index contributed by atoms with van der Waals surface area (Å²) in [7, 11) is 0. The molecule has 0 heterocycles. The van der Waals surface area contributed by atoms with Crippen molar-refractivity contribution in [3.63, 3.8) is 0 Å². The van der Waals surface area contributed by atoms with Crippen LogP contribution >= 0.6 is 0 Å². The molecule has 0 radical (unpaired) electrons. The quantitative estimate of drug-likeness (QED) is 0.508. The maximum absolute atomic E-state index is 7.25. The summed E-state index contributed by atoms with van der Waals surface area (Å²) in [4.78, 5) is 14.5. The summed E-state index contributed by atoms with van der Waals surface area (Å²) < 4.78 is 0. The first-order valence-electron chi connectivity index (χ1n) is 4.51. The Morgan fingerprint density at radius 2 is 0.850 bits per heavy atom. The largest absolute Gasteiger partial charge is 6.00 e. The van der Waals surface area contributed by atoms with Gasteiger partial charge in [0.25, 0.3) is 0 Å². The van der Waals surface area contributed by atoms with E-state index < -0.39 is 0 Å². The van der Waals surface area contributed by atoms with Gasteiger partial charge >= 0.3 is 34.7 Å². The van der Waals surface area contributed by atoms with E-state index in [2.05, 4.69) is 25.3 Å². The molecule has 0 saturated carbocycles. The van der Waals surface area contributed by atoms with Crippen LogP contribution in [0.25, 0.3) is 11.2 Å². The van der Waals surface area contributed by atoms with Crippen LogP contribution in [0.2, 0.25) is 0 Å². The van der Waals surface area contributed by atoms with Crippen molar-refractivity contribution in [1.82, 2.24) is 0 Å². The zero-order valence-electron chi connectivity index (χ0n) is 11.1. The first-order chi connectivity index (χ1) is 9.00. The second-order valence-corrected chi connectivity index (χ2v) is 1.92. The molecule has 2 aromatic rings. The molecule has 2 rings (SSSR count). The van der Waals surface area contributed by atoms with E-state index in [0.29, 0.717) is 0 Å². The van der Waals surface area contributed by atoms with Crippen LogP contribution in [0.15, 0.2) is 60.7 Å². The van der Waals surface area contributed by atoms with Gasteiger partial charge in [0.05, 0.1) is 0 Å². The maximum Gasteiger partial charge on any atom is 6.00 e. The zero-order valence-corrected chi connectivity index (χ0v) is 15.3. The first kappa shape index (κ1) is 36.7. The monoisotopic (exact) mass is 388 g/mol. The van der Waals surface area contributed by atoms with Gasteiger partial charge in [0, 0.05) is 0 Å². The zero-order chi connectivity index (χ0) is 15.1. The van der Waals surface area contributed by atoms with Crippen molar-refractivity contribution in [2.24, 2.45) is 0 Å². The molecule has 4 nitrogen and oxygen atoms in total. The molecule has 0 fully saturated rings. The van der Waals surface area contributed by atoms with Crippen molar-refractivity contribution in [1.29, 1.82) is 0 Å². The van der Waals surface area contributed by atoms with Gasteiger partial charge in [-0.2, -0.15) is 30.7 Å². The maximum atomic E-state index is 7.25. The fourth-order valence-electron chi connectivity index (χ4n) is 0.642. The fraction of sp³-hybridized carbons (Fsp3) is 0.167. The number of nitroso groups, excluding NO2 is 2. The smallest absolute Gasteiger partial charge is 0.796 e. The Kier molecular flexibility index (Phi) is 114. The molecule has 20 heavy (non-hydrogen) atoms. The van der Waals surface area contributed by atoms with Crippen molar-refractivity contribution >= 4 is 25.3 Å². The minimum Gasteiger partial charge on any atom is -0.796 e. The van der Waals surface area contributed by atoms with Crippen LogP contribution in [0.5, 0.6) is 0 Å². The van der Waals surface area contributed by atoms with Gasteiger partial charge in [-0.1, -0.05) is 0 Å². The summed E-state index contributed by atoms with van der Waals surface area (Å²) in [6, 6.07) is 20.0. The van der Waals surface area contributed by atoms with Crippen molar-refractivity contribution < 1.29 is 34.7 Å². The average molecular weight is 388 g/mol. The van der Waals surface area contributed by atoms with Crippen LogP contribution in [0.4, 0.5) is 0 Å². The Labute approximate surface area is 153 Å². The standard InChI is InChI=1S/2C5H5.2CH4S.2Cr.2NO/c2*1-2-4-5-3-1;2*1-2;;;2*1-2/h2*1-5H;2*2H,1H3;;;;/q-5;-1;;;2*+6;2*-1/p-2. The van der Waals surface area contributed by atoms with E-state index in [1.54, 1.807) is 12.5 Å². The van der Waals surface area contributed by atoms with E-state index in [-0.39, 0.29) is 34.7 Å². The molecule has 0 unspecified atom stereocenters. The summed E-state index contributed by atoms with van der Waals surface area (Å²) >= 11 is 8.17. The van der Waals surface area contributed by atoms with Crippen molar-refractivity contribution in [2.75, 3.05) is 12.5 Å². The minimum atomic E-state index is 0. The summed E-state index contributed by atoms with van der Waals surface area (Å²) in [5.74, 6) is 0. The first-order valence-corrected chi connectivity index (χ1v) is 6.15. The molecular weight excluding hydrogens is 372 g/mol. The Balaban J connectivity index is -0.0000000311. The molecule has 0 aliphatic rings. The molecule has 0 aliphatic heterocycles. The van der Waals surface area contributed by atoms with E-state index in [0.717, 1.165) is 0 Å². The van der Waals surface area contributed by atoms with Crippen molar-refractivity contribution in [2.45, 2.75) is 0 Å². The van der Waals surface area contributed by atoms with Gasteiger partial charge in [0.15, 0.2) is 0 Å². The number of rotatable bonds is 0. The van der Waals surface area contributed by atoms with E-state index >= 15 is 0 Å². The topological polar surface area (TPSA) is 78.7 Å². The predicted molar refractivity (Wildman–Crippen MR) is 84.1 cm³/mol. The number of hydrogen-bond acceptors (Lipinski definition) is 4.